The standard InChI is InChI=1S/C21H16F5NO/c22-16-15(17(23)19(25)20(26)18(16)24)21(13-7-3-1-4-8-13)27(11-12-28)14-9-5-2-6-10-14/h1-10,21,28H,11-12H2. The fraction of sp³-hybridized carbons (Fsp3) is 0.143. The Labute approximate surface area is 158 Å². The number of nitrogens with zero attached hydrogens (tertiary/aromatic N) is 1. The Bertz CT molecular complexity index is 921. The minimum atomic E-state index is -2.21. The van der Waals surface area contributed by atoms with Gasteiger partial charge in [-0.3, -0.25) is 0 Å². The van der Waals surface area contributed by atoms with Crippen LogP contribution in [-0.4, -0.2) is 18.3 Å². The second-order valence-corrected chi connectivity index (χ2v) is 6.05. The molecule has 28 heavy (non-hydrogen) atoms. The number of anilines is 1. The highest BCUT2D eigenvalue weighted by Crippen LogP contribution is 2.37. The summed E-state index contributed by atoms with van der Waals surface area (Å²) in [7, 11) is 0. The van der Waals surface area contributed by atoms with Crippen LogP contribution in [-0.2, 0) is 0 Å². The maximum absolute atomic E-state index is 14.6. The third-order valence-electron chi connectivity index (χ3n) is 4.37. The molecule has 0 saturated heterocycles. The maximum Gasteiger partial charge on any atom is 0.200 e. The van der Waals surface area contributed by atoms with E-state index >= 15 is 0 Å². The molecule has 1 unspecified atom stereocenters. The first-order valence-corrected chi connectivity index (χ1v) is 8.46. The Morgan fingerprint density at radius 2 is 1.14 bits per heavy atom. The number of aliphatic hydroxyl groups is 1. The molecule has 146 valence electrons. The molecule has 2 nitrogen and oxygen atoms in total. The van der Waals surface area contributed by atoms with Gasteiger partial charge >= 0.3 is 0 Å². The number of benzene rings is 3. The molecule has 0 fully saturated rings. The van der Waals surface area contributed by atoms with Gasteiger partial charge in [0.25, 0.3) is 0 Å². The molecular formula is C21H16F5NO. The molecule has 0 heterocycles. The normalized spacial score (nSPS) is 12.1. The van der Waals surface area contributed by atoms with Crippen molar-refractivity contribution in [1.82, 2.24) is 0 Å². The van der Waals surface area contributed by atoms with E-state index in [0.717, 1.165) is 0 Å². The number of para-hydroxylation sites is 1. The summed E-state index contributed by atoms with van der Waals surface area (Å²) in [5.41, 5.74) is -0.211. The summed E-state index contributed by atoms with van der Waals surface area (Å²) < 4.78 is 70.6. The lowest BCUT2D eigenvalue weighted by Crippen LogP contribution is -2.34. The summed E-state index contributed by atoms with van der Waals surface area (Å²) in [6.07, 6.45) is 0. The zero-order valence-corrected chi connectivity index (χ0v) is 14.5. The van der Waals surface area contributed by atoms with Gasteiger partial charge in [0.1, 0.15) is 0 Å². The van der Waals surface area contributed by atoms with Gasteiger partial charge < -0.3 is 10.0 Å². The molecule has 0 radical (unpaired) electrons. The lowest BCUT2D eigenvalue weighted by molar-refractivity contribution is 0.297. The molecule has 7 heteroatoms. The van der Waals surface area contributed by atoms with Crippen LogP contribution in [0.3, 0.4) is 0 Å². The first-order chi connectivity index (χ1) is 13.5. The highest BCUT2D eigenvalue weighted by atomic mass is 19.2. The molecule has 0 bridgehead atoms. The highest BCUT2D eigenvalue weighted by molar-refractivity contribution is 5.53. The predicted octanol–water partition coefficient (Wildman–Crippen LogP) is 4.97. The minimum Gasteiger partial charge on any atom is -0.395 e. The van der Waals surface area contributed by atoms with Crippen molar-refractivity contribution in [3.63, 3.8) is 0 Å². The van der Waals surface area contributed by atoms with Gasteiger partial charge in [0.15, 0.2) is 23.3 Å². The number of halogens is 5. The van der Waals surface area contributed by atoms with E-state index in [1.165, 1.54) is 17.0 Å². The van der Waals surface area contributed by atoms with Gasteiger partial charge in [0, 0.05) is 12.2 Å². The first kappa shape index (κ1) is 19.8. The average molecular weight is 393 g/mol. The first-order valence-electron chi connectivity index (χ1n) is 8.46. The van der Waals surface area contributed by atoms with E-state index in [0.29, 0.717) is 11.3 Å². The van der Waals surface area contributed by atoms with E-state index in [1.54, 1.807) is 48.5 Å². The van der Waals surface area contributed by atoms with Crippen LogP contribution in [0, 0.1) is 29.1 Å². The maximum atomic E-state index is 14.6. The Hall–Kier alpha value is -2.93. The average Bonchev–Trinajstić information content (AvgIpc) is 2.74. The Morgan fingerprint density at radius 1 is 0.679 bits per heavy atom. The van der Waals surface area contributed by atoms with Crippen LogP contribution >= 0.6 is 0 Å². The summed E-state index contributed by atoms with van der Waals surface area (Å²) in [5.74, 6) is -10.0. The smallest absolute Gasteiger partial charge is 0.200 e. The van der Waals surface area contributed by atoms with Crippen molar-refractivity contribution >= 4 is 5.69 Å². The zero-order chi connectivity index (χ0) is 20.3. The molecule has 0 aliphatic carbocycles. The van der Waals surface area contributed by atoms with Crippen molar-refractivity contribution in [2.45, 2.75) is 6.04 Å². The van der Waals surface area contributed by atoms with Crippen LogP contribution in [0.25, 0.3) is 0 Å². The quantitative estimate of drug-likeness (QED) is 0.363. The van der Waals surface area contributed by atoms with Crippen molar-refractivity contribution in [2.24, 2.45) is 0 Å². The van der Waals surface area contributed by atoms with Crippen molar-refractivity contribution in [2.75, 3.05) is 18.1 Å². The van der Waals surface area contributed by atoms with Crippen molar-refractivity contribution in [3.8, 4) is 0 Å². The van der Waals surface area contributed by atoms with Crippen LogP contribution in [0.4, 0.5) is 27.6 Å². The molecule has 3 aromatic rings. The topological polar surface area (TPSA) is 23.5 Å². The van der Waals surface area contributed by atoms with Crippen LogP contribution in [0.5, 0.6) is 0 Å². The van der Waals surface area contributed by atoms with Gasteiger partial charge in [-0.1, -0.05) is 48.5 Å². The summed E-state index contributed by atoms with van der Waals surface area (Å²) in [5, 5.41) is 9.50. The SMILES string of the molecule is OCCN(c1ccccc1)C(c1ccccc1)c1c(F)c(F)c(F)c(F)c1F. The van der Waals surface area contributed by atoms with Crippen molar-refractivity contribution in [3.05, 3.63) is 101 Å². The largest absolute Gasteiger partial charge is 0.395 e. The number of hydrogen-bond acceptors (Lipinski definition) is 2. The molecule has 0 amide bonds. The molecule has 0 aliphatic rings. The molecule has 3 rings (SSSR count). The van der Waals surface area contributed by atoms with Crippen LogP contribution in [0.15, 0.2) is 60.7 Å². The highest BCUT2D eigenvalue weighted by Gasteiger charge is 2.34. The van der Waals surface area contributed by atoms with E-state index in [2.05, 4.69) is 0 Å². The fourth-order valence-corrected chi connectivity index (χ4v) is 3.13. The van der Waals surface area contributed by atoms with Gasteiger partial charge in [-0.25, -0.2) is 22.0 Å². The molecule has 3 aromatic carbocycles. The van der Waals surface area contributed by atoms with Crippen LogP contribution in [0.2, 0.25) is 0 Å². The fourth-order valence-electron chi connectivity index (χ4n) is 3.13. The third kappa shape index (κ3) is 3.57. The minimum absolute atomic E-state index is 0.0942. The Balaban J connectivity index is 2.31. The van der Waals surface area contributed by atoms with Gasteiger partial charge in [0.05, 0.1) is 18.2 Å². The van der Waals surface area contributed by atoms with E-state index < -0.39 is 47.3 Å². The second-order valence-electron chi connectivity index (χ2n) is 6.05. The summed E-state index contributed by atoms with van der Waals surface area (Å²) in [6.45, 7) is -0.489. The molecule has 0 saturated carbocycles. The van der Waals surface area contributed by atoms with Gasteiger partial charge in [0.2, 0.25) is 5.82 Å². The third-order valence-corrected chi connectivity index (χ3v) is 4.37. The molecular weight excluding hydrogens is 377 g/mol. The monoisotopic (exact) mass is 393 g/mol. The number of hydrogen-bond donors (Lipinski definition) is 1. The Kier molecular flexibility index (Phi) is 5.94. The summed E-state index contributed by atoms with van der Waals surface area (Å²) in [4.78, 5) is 1.40. The number of rotatable bonds is 6. The van der Waals surface area contributed by atoms with Crippen LogP contribution in [0.1, 0.15) is 17.2 Å². The van der Waals surface area contributed by atoms with Crippen LogP contribution < -0.4 is 4.90 Å². The molecule has 0 aliphatic heterocycles. The molecule has 0 aromatic heterocycles. The van der Waals surface area contributed by atoms with Gasteiger partial charge in [-0.15, -0.1) is 0 Å². The lowest BCUT2D eigenvalue weighted by Gasteiger charge is -2.34. The summed E-state index contributed by atoms with van der Waals surface area (Å²) >= 11 is 0. The van der Waals surface area contributed by atoms with Crippen molar-refractivity contribution in [1.29, 1.82) is 0 Å². The molecule has 1 N–H and O–H groups in total. The lowest BCUT2D eigenvalue weighted by atomic mass is 9.94. The van der Waals surface area contributed by atoms with Crippen molar-refractivity contribution < 1.29 is 27.1 Å². The molecule has 1 atom stereocenters. The molecule has 0 spiro atoms. The number of aliphatic hydroxyl groups excluding tert-OH is 1. The Morgan fingerprint density at radius 3 is 1.64 bits per heavy atom. The predicted molar refractivity (Wildman–Crippen MR) is 95.4 cm³/mol. The van der Waals surface area contributed by atoms with E-state index in [4.69, 9.17) is 0 Å². The summed E-state index contributed by atoms with van der Waals surface area (Å²) in [6, 6.07) is 14.9. The second kappa shape index (κ2) is 8.39. The van der Waals surface area contributed by atoms with E-state index in [9.17, 15) is 27.1 Å². The van der Waals surface area contributed by atoms with E-state index in [-0.39, 0.29) is 6.54 Å². The zero-order valence-electron chi connectivity index (χ0n) is 14.5. The van der Waals surface area contributed by atoms with Gasteiger partial charge in [-0.05, 0) is 17.7 Å². The van der Waals surface area contributed by atoms with Gasteiger partial charge in [-0.2, -0.15) is 0 Å². The van der Waals surface area contributed by atoms with E-state index in [1.807, 2.05) is 0 Å².